The van der Waals surface area contributed by atoms with E-state index in [1.165, 1.54) is 24.3 Å². The van der Waals surface area contributed by atoms with Crippen molar-refractivity contribution in [1.82, 2.24) is 15.3 Å². The quantitative estimate of drug-likeness (QED) is 0.276. The van der Waals surface area contributed by atoms with Crippen LogP contribution in [0, 0.1) is 19.3 Å². The molecule has 2 aromatic carbocycles. The lowest BCUT2D eigenvalue weighted by Gasteiger charge is -2.43. The number of nitrogens with two attached hydrogens (primary N) is 1. The molecular weight excluding hydrogens is 583 g/mol. The Morgan fingerprint density at radius 2 is 1.84 bits per heavy atom. The fourth-order valence-electron chi connectivity index (χ4n) is 6.69. The highest BCUT2D eigenvalue weighted by Crippen LogP contribution is 2.46. The second-order valence-electron chi connectivity index (χ2n) is 11.6. The number of aromatic nitrogens is 2. The molecule has 3 atom stereocenters. The molecule has 2 unspecified atom stereocenters. The minimum atomic E-state index is -4.79. The number of ether oxygens (including phenoxy) is 1. The van der Waals surface area contributed by atoms with Gasteiger partial charge in [0, 0.05) is 35.8 Å². The number of hydrogen-bond acceptors (Lipinski definition) is 7. The van der Waals surface area contributed by atoms with Crippen molar-refractivity contribution in [2.24, 2.45) is 5.41 Å². The van der Waals surface area contributed by atoms with E-state index in [2.05, 4.69) is 15.3 Å². The Balaban J connectivity index is 1.43. The fraction of sp³-hybridized carbons (Fsp3) is 0.452. The summed E-state index contributed by atoms with van der Waals surface area (Å²) in [5.74, 6) is -1.01. The maximum absolute atomic E-state index is 14.6. The van der Waals surface area contributed by atoms with Gasteiger partial charge in [-0.15, -0.1) is 0 Å². The van der Waals surface area contributed by atoms with Crippen LogP contribution in [-0.4, -0.2) is 52.4 Å². The number of alkyl halides is 3. The predicted molar refractivity (Wildman–Crippen MR) is 159 cm³/mol. The normalized spacial score (nSPS) is 20.8. The van der Waals surface area contributed by atoms with E-state index in [1.54, 1.807) is 12.1 Å². The summed E-state index contributed by atoms with van der Waals surface area (Å²) < 4.78 is 49.5. The summed E-state index contributed by atoms with van der Waals surface area (Å²) in [4.78, 5) is 21.9. The van der Waals surface area contributed by atoms with Crippen molar-refractivity contribution in [2.45, 2.75) is 70.8 Å². The van der Waals surface area contributed by atoms with Crippen LogP contribution >= 0.6 is 11.6 Å². The molecule has 230 valence electrons. The Labute approximate surface area is 253 Å². The average molecular weight is 618 g/mol. The molecule has 8 nitrogen and oxygen atoms in total. The summed E-state index contributed by atoms with van der Waals surface area (Å²) in [7, 11) is 0. The zero-order valence-electron chi connectivity index (χ0n) is 24.2. The summed E-state index contributed by atoms with van der Waals surface area (Å²) in [6.07, 6.45) is -4.39. The van der Waals surface area contributed by atoms with Gasteiger partial charge in [-0.3, -0.25) is 4.79 Å². The zero-order chi connectivity index (χ0) is 31.1. The van der Waals surface area contributed by atoms with Crippen molar-refractivity contribution >= 4 is 29.3 Å². The number of carboxylic acids is 1. The van der Waals surface area contributed by atoms with Gasteiger partial charge in [0.05, 0.1) is 0 Å². The second-order valence-corrected chi connectivity index (χ2v) is 12.1. The van der Waals surface area contributed by atoms with Gasteiger partial charge in [-0.1, -0.05) is 53.9 Å². The van der Waals surface area contributed by atoms with Crippen LogP contribution in [-0.2, 0) is 4.79 Å². The van der Waals surface area contributed by atoms with Gasteiger partial charge in [0.15, 0.2) is 0 Å². The van der Waals surface area contributed by atoms with Crippen LogP contribution in [0.1, 0.15) is 55.4 Å². The number of carbonyl (C=O) groups is 1. The smallest absolute Gasteiger partial charge is 0.429 e. The van der Waals surface area contributed by atoms with E-state index in [0.717, 1.165) is 17.5 Å². The predicted octanol–water partition coefficient (Wildman–Crippen LogP) is 6.49. The van der Waals surface area contributed by atoms with E-state index in [0.29, 0.717) is 54.3 Å². The molecule has 3 heterocycles. The molecule has 2 aliphatic rings. The van der Waals surface area contributed by atoms with Gasteiger partial charge in [-0.2, -0.15) is 23.1 Å². The fourth-order valence-corrected chi connectivity index (χ4v) is 6.86. The third-order valence-electron chi connectivity index (χ3n) is 8.61. The lowest BCUT2D eigenvalue weighted by molar-refractivity contribution is -0.198. The number of nitrogens with one attached hydrogen (secondary N) is 1. The minimum Gasteiger partial charge on any atom is -0.480 e. The summed E-state index contributed by atoms with van der Waals surface area (Å²) in [5, 5.41) is 13.1. The van der Waals surface area contributed by atoms with Crippen molar-refractivity contribution in [2.75, 3.05) is 23.7 Å². The molecule has 43 heavy (non-hydrogen) atoms. The summed E-state index contributed by atoms with van der Waals surface area (Å²) >= 11 is 6.24. The van der Waals surface area contributed by atoms with E-state index in [-0.39, 0.29) is 28.8 Å². The largest absolute Gasteiger partial charge is 0.480 e. The minimum absolute atomic E-state index is 0.0726. The first-order chi connectivity index (χ1) is 20.3. The molecule has 4 N–H and O–H groups in total. The average Bonchev–Trinajstić information content (AvgIpc) is 3.29. The summed E-state index contributed by atoms with van der Waals surface area (Å²) in [6.45, 7) is 6.87. The maximum Gasteiger partial charge on any atom is 0.429 e. The van der Waals surface area contributed by atoms with E-state index >= 15 is 0 Å². The maximum atomic E-state index is 14.6. The highest BCUT2D eigenvalue weighted by molar-refractivity contribution is 6.30. The molecule has 3 aromatic rings. The van der Waals surface area contributed by atoms with Crippen molar-refractivity contribution in [3.8, 4) is 17.0 Å². The number of anilines is 2. The van der Waals surface area contributed by atoms with Gasteiger partial charge in [-0.05, 0) is 68.2 Å². The molecule has 2 aliphatic heterocycles. The number of nitrogen functional groups attached to an aromatic ring is 1. The van der Waals surface area contributed by atoms with Crippen molar-refractivity contribution < 1.29 is 27.8 Å². The molecular formula is C31H35ClF3N5O3. The van der Waals surface area contributed by atoms with Crippen LogP contribution in [0.15, 0.2) is 42.5 Å². The number of halogens is 4. The molecule has 0 amide bonds. The van der Waals surface area contributed by atoms with Gasteiger partial charge in [0.25, 0.3) is 0 Å². The summed E-state index contributed by atoms with van der Waals surface area (Å²) in [5.41, 5.74) is 8.40. The first-order valence-corrected chi connectivity index (χ1v) is 14.7. The molecule has 0 radical (unpaired) electrons. The van der Waals surface area contributed by atoms with Crippen LogP contribution in [0.4, 0.5) is 24.9 Å². The number of rotatable bonds is 7. The molecule has 0 saturated carbocycles. The Morgan fingerprint density at radius 1 is 1.16 bits per heavy atom. The third kappa shape index (κ3) is 6.52. The number of carboxylic acid groups (broad SMARTS) is 1. The van der Waals surface area contributed by atoms with Gasteiger partial charge in [0.2, 0.25) is 17.9 Å². The molecule has 5 rings (SSSR count). The Morgan fingerprint density at radius 3 is 2.44 bits per heavy atom. The molecule has 0 bridgehead atoms. The van der Waals surface area contributed by atoms with Gasteiger partial charge < -0.3 is 25.8 Å². The zero-order valence-corrected chi connectivity index (χ0v) is 25.0. The topological polar surface area (TPSA) is 114 Å². The van der Waals surface area contributed by atoms with E-state index in [1.807, 2.05) is 31.7 Å². The first-order valence-electron chi connectivity index (χ1n) is 14.3. The van der Waals surface area contributed by atoms with Crippen LogP contribution < -0.4 is 20.7 Å². The number of nitrogens with zero attached hydrogens (tertiary/aromatic N) is 3. The van der Waals surface area contributed by atoms with Gasteiger partial charge in [-0.25, -0.2) is 0 Å². The van der Waals surface area contributed by atoms with Crippen LogP contribution in [0.3, 0.4) is 0 Å². The molecule has 0 aliphatic carbocycles. The number of aryl methyl sites for hydroxylation is 2. The number of hydrogen-bond donors (Lipinski definition) is 3. The lowest BCUT2D eigenvalue weighted by atomic mass is 9.71. The first kappa shape index (κ1) is 30.9. The number of piperidine rings is 1. The highest BCUT2D eigenvalue weighted by Gasteiger charge is 2.50. The Hall–Kier alpha value is -3.57. The highest BCUT2D eigenvalue weighted by atomic mass is 35.5. The third-order valence-corrected chi connectivity index (χ3v) is 8.85. The SMILES string of the molecule is CCC1NC(C(=O)O)CC12CCN(c1cc(O[C@H](c3ccc(Cl)cc3-c3cc(C)cc(C)c3)C(F)(F)F)nc(N)n1)CC2. The Kier molecular flexibility index (Phi) is 8.50. The lowest BCUT2D eigenvalue weighted by Crippen LogP contribution is -2.46. The van der Waals surface area contributed by atoms with E-state index < -0.39 is 24.3 Å². The molecule has 2 fully saturated rings. The van der Waals surface area contributed by atoms with Crippen LogP contribution in [0.25, 0.3) is 11.1 Å². The van der Waals surface area contributed by atoms with Crippen LogP contribution in [0.2, 0.25) is 5.02 Å². The van der Waals surface area contributed by atoms with Crippen molar-refractivity contribution in [3.63, 3.8) is 0 Å². The van der Waals surface area contributed by atoms with E-state index in [4.69, 9.17) is 22.1 Å². The number of benzene rings is 2. The van der Waals surface area contributed by atoms with Crippen molar-refractivity contribution in [1.29, 1.82) is 0 Å². The van der Waals surface area contributed by atoms with Gasteiger partial charge >= 0.3 is 12.1 Å². The monoisotopic (exact) mass is 617 g/mol. The summed E-state index contributed by atoms with van der Waals surface area (Å²) in [6, 6.07) is 10.7. The standard InChI is InChI=1S/C31H35ClF3N5O3/c1-4-24-30(16-23(37-24)28(41)42)7-9-40(10-8-30)25-15-26(39-29(36)38-25)43-27(31(33,34)35)21-6-5-20(32)14-22(21)19-12-17(2)11-18(3)13-19/h5-6,11-15,23-24,27,37H,4,7-10,16H2,1-3H3,(H,41,42)(H2,36,38,39)/t23?,24?,27-/m1/s1. The van der Waals surface area contributed by atoms with Crippen LogP contribution in [0.5, 0.6) is 5.88 Å². The van der Waals surface area contributed by atoms with E-state index in [9.17, 15) is 23.1 Å². The number of aliphatic carboxylic acids is 1. The second kappa shape index (κ2) is 11.8. The Bertz CT molecular complexity index is 1490. The van der Waals surface area contributed by atoms with Gasteiger partial charge in [0.1, 0.15) is 11.9 Å². The molecule has 1 aromatic heterocycles. The molecule has 2 saturated heterocycles. The molecule has 1 spiro atoms. The molecule has 12 heteroatoms. The van der Waals surface area contributed by atoms with Crippen molar-refractivity contribution in [3.05, 3.63) is 64.2 Å².